The zero-order valence-corrected chi connectivity index (χ0v) is 12.5. The summed E-state index contributed by atoms with van der Waals surface area (Å²) in [5, 5.41) is 4.00. The summed E-state index contributed by atoms with van der Waals surface area (Å²) in [5.74, 6) is 1.73. The summed E-state index contributed by atoms with van der Waals surface area (Å²) in [5.41, 5.74) is 7.90. The largest absolute Gasteiger partial charge is 0.338 e. The van der Waals surface area contributed by atoms with Gasteiger partial charge in [-0.15, -0.1) is 0 Å². The highest BCUT2D eigenvalue weighted by Gasteiger charge is 2.17. The molecule has 2 aromatic rings. The first-order valence-corrected chi connectivity index (χ1v) is 7.58. The summed E-state index contributed by atoms with van der Waals surface area (Å²) in [4.78, 5) is 6.72. The van der Waals surface area contributed by atoms with E-state index in [1.165, 1.54) is 31.4 Å². The van der Waals surface area contributed by atoms with Crippen molar-refractivity contribution in [1.29, 1.82) is 0 Å². The molecule has 5 heteroatoms. The quantitative estimate of drug-likeness (QED) is 0.938. The summed E-state index contributed by atoms with van der Waals surface area (Å²) >= 11 is 0. The second-order valence-corrected chi connectivity index (χ2v) is 5.77. The summed E-state index contributed by atoms with van der Waals surface area (Å²) in [6, 6.07) is 8.51. The molecule has 0 radical (unpaired) electrons. The van der Waals surface area contributed by atoms with Crippen molar-refractivity contribution in [3.63, 3.8) is 0 Å². The molecule has 21 heavy (non-hydrogen) atoms. The standard InChI is InChI=1S/C16H22N4O/c1-20-8-3-6-12(7-9-20)13-4-2-5-14(10-13)16-18-15(11-17)21-19-16/h2,4-5,10,12H,3,6-9,11,17H2,1H3. The Morgan fingerprint density at radius 1 is 1.33 bits per heavy atom. The summed E-state index contributed by atoms with van der Waals surface area (Å²) in [6.45, 7) is 2.64. The minimum atomic E-state index is 0.279. The van der Waals surface area contributed by atoms with Crippen LogP contribution in [0.5, 0.6) is 0 Å². The van der Waals surface area contributed by atoms with E-state index < -0.39 is 0 Å². The molecule has 2 heterocycles. The van der Waals surface area contributed by atoms with Crippen LogP contribution >= 0.6 is 0 Å². The molecule has 1 aliphatic rings. The predicted octanol–water partition coefficient (Wildman–Crippen LogP) is 2.39. The maximum Gasteiger partial charge on any atom is 0.240 e. The van der Waals surface area contributed by atoms with Crippen molar-refractivity contribution < 1.29 is 4.52 Å². The molecule has 3 rings (SSSR count). The Morgan fingerprint density at radius 3 is 3.05 bits per heavy atom. The van der Waals surface area contributed by atoms with Gasteiger partial charge in [-0.2, -0.15) is 4.98 Å². The molecule has 1 aliphatic heterocycles. The maximum absolute atomic E-state index is 5.52. The number of nitrogens with two attached hydrogens (primary N) is 1. The van der Waals surface area contributed by atoms with E-state index in [-0.39, 0.29) is 6.54 Å². The first-order chi connectivity index (χ1) is 10.3. The van der Waals surface area contributed by atoms with Crippen LogP contribution in [0.1, 0.15) is 36.6 Å². The van der Waals surface area contributed by atoms with Gasteiger partial charge in [0.2, 0.25) is 11.7 Å². The highest BCUT2D eigenvalue weighted by atomic mass is 16.5. The van der Waals surface area contributed by atoms with E-state index in [0.717, 1.165) is 12.1 Å². The van der Waals surface area contributed by atoms with Crippen LogP contribution in [0.15, 0.2) is 28.8 Å². The third-order valence-corrected chi connectivity index (χ3v) is 4.21. The Bertz CT molecular complexity index is 595. The normalized spacial score (nSPS) is 20.4. The summed E-state index contributed by atoms with van der Waals surface area (Å²) < 4.78 is 5.09. The minimum Gasteiger partial charge on any atom is -0.338 e. The molecule has 1 unspecified atom stereocenters. The van der Waals surface area contributed by atoms with E-state index >= 15 is 0 Å². The first-order valence-electron chi connectivity index (χ1n) is 7.58. The van der Waals surface area contributed by atoms with E-state index in [2.05, 4.69) is 40.3 Å². The van der Waals surface area contributed by atoms with E-state index in [1.54, 1.807) is 0 Å². The minimum absolute atomic E-state index is 0.279. The second-order valence-electron chi connectivity index (χ2n) is 5.77. The highest BCUT2D eigenvalue weighted by molar-refractivity contribution is 5.55. The average Bonchev–Trinajstić information content (AvgIpc) is 2.90. The second kappa shape index (κ2) is 6.37. The van der Waals surface area contributed by atoms with Gasteiger partial charge in [0.05, 0.1) is 6.54 Å². The van der Waals surface area contributed by atoms with Crippen LogP contribution in [0.3, 0.4) is 0 Å². The van der Waals surface area contributed by atoms with Crippen LogP contribution in [0, 0.1) is 0 Å². The highest BCUT2D eigenvalue weighted by Crippen LogP contribution is 2.30. The lowest BCUT2D eigenvalue weighted by Gasteiger charge is -2.15. The fourth-order valence-electron chi connectivity index (χ4n) is 2.96. The molecular formula is C16H22N4O. The van der Waals surface area contributed by atoms with Crippen molar-refractivity contribution in [2.75, 3.05) is 20.1 Å². The van der Waals surface area contributed by atoms with Gasteiger partial charge in [-0.3, -0.25) is 0 Å². The smallest absolute Gasteiger partial charge is 0.240 e. The lowest BCUT2D eigenvalue weighted by atomic mass is 9.91. The van der Waals surface area contributed by atoms with Crippen molar-refractivity contribution in [2.24, 2.45) is 5.73 Å². The molecule has 2 N–H and O–H groups in total. The van der Waals surface area contributed by atoms with Gasteiger partial charge in [-0.25, -0.2) is 0 Å². The van der Waals surface area contributed by atoms with Crippen molar-refractivity contribution in [2.45, 2.75) is 31.7 Å². The van der Waals surface area contributed by atoms with Crippen LogP contribution < -0.4 is 5.73 Å². The molecule has 0 amide bonds. The van der Waals surface area contributed by atoms with Gasteiger partial charge in [-0.05, 0) is 56.9 Å². The molecule has 1 saturated heterocycles. The lowest BCUT2D eigenvalue weighted by Crippen LogP contribution is -2.18. The molecule has 0 bridgehead atoms. The van der Waals surface area contributed by atoms with Crippen LogP contribution in [0.25, 0.3) is 11.4 Å². The average molecular weight is 286 g/mol. The third-order valence-electron chi connectivity index (χ3n) is 4.21. The molecule has 0 saturated carbocycles. The Kier molecular flexibility index (Phi) is 4.31. The summed E-state index contributed by atoms with van der Waals surface area (Å²) in [7, 11) is 2.20. The van der Waals surface area contributed by atoms with E-state index in [1.807, 2.05) is 6.07 Å². The zero-order chi connectivity index (χ0) is 14.7. The van der Waals surface area contributed by atoms with Gasteiger partial charge in [-0.1, -0.05) is 23.4 Å². The first kappa shape index (κ1) is 14.2. The molecule has 1 aromatic heterocycles. The lowest BCUT2D eigenvalue weighted by molar-refractivity contribution is 0.347. The topological polar surface area (TPSA) is 68.2 Å². The monoisotopic (exact) mass is 286 g/mol. The Labute approximate surface area is 125 Å². The number of rotatable bonds is 3. The maximum atomic E-state index is 5.52. The van der Waals surface area contributed by atoms with Gasteiger partial charge in [0.25, 0.3) is 0 Å². The molecule has 5 nitrogen and oxygen atoms in total. The third kappa shape index (κ3) is 3.31. The molecule has 1 fully saturated rings. The Morgan fingerprint density at radius 2 is 2.24 bits per heavy atom. The van der Waals surface area contributed by atoms with Crippen LogP contribution in [0.2, 0.25) is 0 Å². The van der Waals surface area contributed by atoms with E-state index in [4.69, 9.17) is 10.3 Å². The van der Waals surface area contributed by atoms with Crippen LogP contribution in [-0.2, 0) is 6.54 Å². The van der Waals surface area contributed by atoms with Gasteiger partial charge >= 0.3 is 0 Å². The van der Waals surface area contributed by atoms with Crippen molar-refractivity contribution in [1.82, 2.24) is 15.0 Å². The Hall–Kier alpha value is -1.72. The number of likely N-dealkylation sites (tertiary alicyclic amines) is 1. The molecule has 112 valence electrons. The van der Waals surface area contributed by atoms with Gasteiger partial charge in [0.15, 0.2) is 0 Å². The van der Waals surface area contributed by atoms with Crippen molar-refractivity contribution in [3.05, 3.63) is 35.7 Å². The number of hydrogen-bond donors (Lipinski definition) is 1. The van der Waals surface area contributed by atoms with E-state index in [0.29, 0.717) is 17.6 Å². The van der Waals surface area contributed by atoms with Gasteiger partial charge in [0, 0.05) is 5.56 Å². The SMILES string of the molecule is CN1CCCC(c2cccc(-c3noc(CN)n3)c2)CC1. The van der Waals surface area contributed by atoms with Crippen molar-refractivity contribution in [3.8, 4) is 11.4 Å². The number of benzene rings is 1. The number of hydrogen-bond acceptors (Lipinski definition) is 5. The molecule has 1 aromatic carbocycles. The fraction of sp³-hybridized carbons (Fsp3) is 0.500. The summed E-state index contributed by atoms with van der Waals surface area (Å²) in [6.07, 6.45) is 3.71. The molecular weight excluding hydrogens is 264 g/mol. The van der Waals surface area contributed by atoms with Gasteiger partial charge in [0.1, 0.15) is 0 Å². The molecule has 1 atom stereocenters. The molecule has 0 spiro atoms. The van der Waals surface area contributed by atoms with Crippen LogP contribution in [-0.4, -0.2) is 35.2 Å². The molecule has 0 aliphatic carbocycles. The predicted molar refractivity (Wildman–Crippen MR) is 81.7 cm³/mol. The van der Waals surface area contributed by atoms with Gasteiger partial charge < -0.3 is 15.2 Å². The van der Waals surface area contributed by atoms with Crippen LogP contribution in [0.4, 0.5) is 0 Å². The van der Waals surface area contributed by atoms with E-state index in [9.17, 15) is 0 Å². The fourth-order valence-corrected chi connectivity index (χ4v) is 2.96. The number of aromatic nitrogens is 2. The van der Waals surface area contributed by atoms with Crippen molar-refractivity contribution >= 4 is 0 Å². The Balaban J connectivity index is 1.82. The number of nitrogens with zero attached hydrogens (tertiary/aromatic N) is 3. The zero-order valence-electron chi connectivity index (χ0n) is 12.5.